The van der Waals surface area contributed by atoms with Crippen LogP contribution in [0.15, 0.2) is 48.3 Å². The number of benzene rings is 1. The first-order valence-corrected chi connectivity index (χ1v) is 12.9. The minimum absolute atomic E-state index is 0.0546. The summed E-state index contributed by atoms with van der Waals surface area (Å²) in [7, 11) is -3.61. The Bertz CT molecular complexity index is 1530. The number of para-hydroxylation sites is 1. The quantitative estimate of drug-likeness (QED) is 0.578. The molecule has 0 saturated carbocycles. The number of fused-ring (bicyclic) bond motifs is 4. The normalized spacial score (nSPS) is 24.1. The summed E-state index contributed by atoms with van der Waals surface area (Å²) in [6.07, 6.45) is 5.68. The second kappa shape index (κ2) is 7.71. The Morgan fingerprint density at radius 3 is 2.71 bits per heavy atom. The van der Waals surface area contributed by atoms with E-state index in [1.54, 1.807) is 12.3 Å². The number of pyridine rings is 1. The molecule has 0 unspecified atom stereocenters. The molecule has 3 aromatic rings. The second-order valence-electron chi connectivity index (χ2n) is 9.20. The predicted molar refractivity (Wildman–Crippen MR) is 129 cm³/mol. The Morgan fingerprint density at radius 2 is 1.97 bits per heavy atom. The number of rotatable bonds is 3. The predicted octanol–water partition coefficient (Wildman–Crippen LogP) is 3.91. The number of carbonyl (C=O) groups excluding carboxylic acids is 1. The van der Waals surface area contributed by atoms with Gasteiger partial charge in [-0.25, -0.2) is 23.2 Å². The SMILES string of the molecule is [C-]#[N+]C1=C[C@@]2(C)c3nc(-c4ccnc5ccccc45)nc(NS(C)(=O)=O)c3CC[C@@H]2[C@@H](C)C1=O. The number of nitrogens with one attached hydrogen (secondary N) is 1. The number of anilines is 1. The lowest BCUT2D eigenvalue weighted by Crippen LogP contribution is -2.46. The zero-order valence-corrected chi connectivity index (χ0v) is 19.8. The molecule has 2 aliphatic rings. The Kier molecular flexibility index (Phi) is 5.02. The number of hydrogen-bond acceptors (Lipinski definition) is 6. The number of Topliss-reactive ketones (excluding diaryl/α,β-unsaturated/α-hetero) is 1. The van der Waals surface area contributed by atoms with Crippen molar-refractivity contribution in [2.24, 2.45) is 11.8 Å². The monoisotopic (exact) mass is 473 g/mol. The van der Waals surface area contributed by atoms with Crippen molar-refractivity contribution in [1.29, 1.82) is 0 Å². The second-order valence-corrected chi connectivity index (χ2v) is 10.9. The van der Waals surface area contributed by atoms with Gasteiger partial charge in [-0.15, -0.1) is 0 Å². The number of ketones is 1. The minimum atomic E-state index is -3.61. The number of sulfonamides is 1. The van der Waals surface area contributed by atoms with E-state index >= 15 is 0 Å². The lowest BCUT2D eigenvalue weighted by atomic mass is 9.58. The summed E-state index contributed by atoms with van der Waals surface area (Å²) < 4.78 is 27.0. The first-order valence-electron chi connectivity index (χ1n) is 11.0. The molecule has 2 aromatic heterocycles. The summed E-state index contributed by atoms with van der Waals surface area (Å²) in [6, 6.07) is 9.42. The van der Waals surface area contributed by atoms with Gasteiger partial charge in [0.05, 0.1) is 24.0 Å². The highest BCUT2D eigenvalue weighted by Gasteiger charge is 2.49. The molecule has 9 heteroatoms. The maximum Gasteiger partial charge on any atom is 0.230 e. The molecule has 2 heterocycles. The molecule has 3 atom stereocenters. The Hall–Kier alpha value is -3.64. The average molecular weight is 474 g/mol. The summed E-state index contributed by atoms with van der Waals surface area (Å²) in [4.78, 5) is 30.3. The molecule has 0 bridgehead atoms. The van der Waals surface area contributed by atoms with Crippen LogP contribution >= 0.6 is 0 Å². The smallest absolute Gasteiger partial charge is 0.230 e. The zero-order chi connectivity index (χ0) is 24.3. The van der Waals surface area contributed by atoms with E-state index < -0.39 is 15.4 Å². The fourth-order valence-electron chi connectivity index (χ4n) is 5.42. The van der Waals surface area contributed by atoms with E-state index in [0.29, 0.717) is 29.9 Å². The first-order chi connectivity index (χ1) is 16.1. The number of aromatic nitrogens is 3. The van der Waals surface area contributed by atoms with Crippen LogP contribution in [0.5, 0.6) is 0 Å². The number of carbonyl (C=O) groups is 1. The van der Waals surface area contributed by atoms with Crippen LogP contribution in [0.3, 0.4) is 0 Å². The molecule has 0 spiro atoms. The number of nitrogens with zero attached hydrogens (tertiary/aromatic N) is 4. The van der Waals surface area contributed by atoms with Crippen molar-refractivity contribution >= 4 is 32.5 Å². The van der Waals surface area contributed by atoms with Crippen LogP contribution in [0, 0.1) is 18.4 Å². The summed E-state index contributed by atoms with van der Waals surface area (Å²) in [5.74, 6) is 0.0719. The van der Waals surface area contributed by atoms with E-state index in [1.165, 1.54) is 0 Å². The van der Waals surface area contributed by atoms with Crippen LogP contribution in [-0.4, -0.2) is 35.4 Å². The van der Waals surface area contributed by atoms with E-state index in [4.69, 9.17) is 11.6 Å². The van der Waals surface area contributed by atoms with Crippen LogP contribution in [0.2, 0.25) is 0 Å². The summed E-state index contributed by atoms with van der Waals surface area (Å²) in [5.41, 5.74) is 2.25. The topological polar surface area (TPSA) is 106 Å². The highest BCUT2D eigenvalue weighted by atomic mass is 32.2. The van der Waals surface area contributed by atoms with E-state index in [0.717, 1.165) is 22.7 Å². The van der Waals surface area contributed by atoms with E-state index in [9.17, 15) is 13.2 Å². The van der Waals surface area contributed by atoms with Crippen molar-refractivity contribution in [1.82, 2.24) is 15.0 Å². The molecular weight excluding hydrogens is 450 g/mol. The van der Waals surface area contributed by atoms with Crippen LogP contribution in [0.1, 0.15) is 31.5 Å². The lowest BCUT2D eigenvalue weighted by Gasteiger charge is -2.46. The van der Waals surface area contributed by atoms with Crippen LogP contribution in [-0.2, 0) is 26.7 Å². The standard InChI is InChI=1S/C25H23N5O3S/c1-14-18-10-9-17-22(25(18,2)13-20(26-3)21(14)31)28-23(29-24(17)30-34(4,32)33)16-11-12-27-19-8-6-5-7-15(16)19/h5-8,11-14,18H,9-10H2,1-2,4H3,(H,28,29,30)/t14-,18-,25-/m1/s1. The summed E-state index contributed by atoms with van der Waals surface area (Å²) in [5, 5.41) is 0.845. The molecule has 1 N–H and O–H groups in total. The molecule has 5 rings (SSSR count). The van der Waals surface area contributed by atoms with Crippen molar-refractivity contribution in [3.63, 3.8) is 0 Å². The van der Waals surface area contributed by atoms with Crippen LogP contribution in [0.25, 0.3) is 27.1 Å². The lowest BCUT2D eigenvalue weighted by molar-refractivity contribution is -0.121. The molecule has 0 radical (unpaired) electrons. The minimum Gasteiger partial charge on any atom is -0.308 e. The van der Waals surface area contributed by atoms with Crippen molar-refractivity contribution in [2.75, 3.05) is 11.0 Å². The maximum absolute atomic E-state index is 12.7. The van der Waals surface area contributed by atoms with Gasteiger partial charge in [-0.05, 0) is 30.9 Å². The van der Waals surface area contributed by atoms with Gasteiger partial charge in [-0.2, -0.15) is 0 Å². The van der Waals surface area contributed by atoms with Gasteiger partial charge in [0.15, 0.2) is 11.6 Å². The zero-order valence-electron chi connectivity index (χ0n) is 19.0. The van der Waals surface area contributed by atoms with Gasteiger partial charge in [0.2, 0.25) is 15.7 Å². The largest absolute Gasteiger partial charge is 0.308 e. The van der Waals surface area contributed by atoms with E-state index in [2.05, 4.69) is 19.5 Å². The van der Waals surface area contributed by atoms with Gasteiger partial charge in [-0.1, -0.05) is 38.1 Å². The number of allylic oxidation sites excluding steroid dienone is 2. The summed E-state index contributed by atoms with van der Waals surface area (Å²) >= 11 is 0. The third kappa shape index (κ3) is 3.46. The molecule has 8 nitrogen and oxygen atoms in total. The van der Waals surface area contributed by atoms with Gasteiger partial charge in [0.1, 0.15) is 5.82 Å². The molecule has 0 amide bonds. The molecule has 34 heavy (non-hydrogen) atoms. The third-order valence-corrected chi connectivity index (χ3v) is 7.56. The maximum atomic E-state index is 12.7. The summed E-state index contributed by atoms with van der Waals surface area (Å²) in [6.45, 7) is 11.4. The molecule has 0 saturated heterocycles. The van der Waals surface area contributed by atoms with E-state index in [-0.39, 0.29) is 29.1 Å². The Labute approximate surface area is 198 Å². The van der Waals surface area contributed by atoms with Gasteiger partial charge in [0.25, 0.3) is 0 Å². The number of hydrogen-bond donors (Lipinski definition) is 1. The van der Waals surface area contributed by atoms with Gasteiger partial charge in [0, 0.05) is 34.0 Å². The molecule has 2 aliphatic carbocycles. The first kappa shape index (κ1) is 22.2. The molecule has 172 valence electrons. The van der Waals surface area contributed by atoms with Crippen molar-refractivity contribution < 1.29 is 13.2 Å². The van der Waals surface area contributed by atoms with Crippen molar-refractivity contribution in [2.45, 2.75) is 32.1 Å². The highest BCUT2D eigenvalue weighted by molar-refractivity contribution is 7.92. The van der Waals surface area contributed by atoms with Gasteiger partial charge < -0.3 is 4.79 Å². The van der Waals surface area contributed by atoms with Crippen LogP contribution < -0.4 is 4.72 Å². The van der Waals surface area contributed by atoms with Crippen molar-refractivity contribution in [3.05, 3.63) is 71.0 Å². The van der Waals surface area contributed by atoms with Crippen molar-refractivity contribution in [3.8, 4) is 11.4 Å². The Morgan fingerprint density at radius 1 is 1.21 bits per heavy atom. The molecule has 0 fully saturated rings. The van der Waals surface area contributed by atoms with E-state index in [1.807, 2.05) is 44.2 Å². The van der Waals surface area contributed by atoms with Gasteiger partial charge >= 0.3 is 0 Å². The molecular formula is C25H23N5O3S. The Balaban J connectivity index is 1.82. The fourth-order valence-corrected chi connectivity index (χ4v) is 5.94. The molecule has 0 aliphatic heterocycles. The highest BCUT2D eigenvalue weighted by Crippen LogP contribution is 2.51. The fraction of sp³-hybridized carbons (Fsp3) is 0.320. The third-order valence-electron chi connectivity index (χ3n) is 6.99. The average Bonchev–Trinajstić information content (AvgIpc) is 2.80. The van der Waals surface area contributed by atoms with Gasteiger partial charge in [-0.3, -0.25) is 9.71 Å². The molecule has 1 aromatic carbocycles. The van der Waals surface area contributed by atoms with Crippen LogP contribution in [0.4, 0.5) is 5.82 Å².